The predicted molar refractivity (Wildman–Crippen MR) is 47.5 cm³/mol. The number of aryl methyl sites for hydroxylation is 1. The first-order chi connectivity index (χ1) is 7.33. The van der Waals surface area contributed by atoms with Crippen LogP contribution in [0.3, 0.4) is 0 Å². The minimum atomic E-state index is -4.87. The lowest BCUT2D eigenvalue weighted by molar-refractivity contribution is -0.274. The summed E-state index contributed by atoms with van der Waals surface area (Å²) in [6.45, 7) is 1.61. The molecule has 0 saturated heterocycles. The molecule has 1 aromatic carbocycles. The third-order valence-electron chi connectivity index (χ3n) is 1.95. The van der Waals surface area contributed by atoms with Crippen molar-refractivity contribution < 1.29 is 26.7 Å². The molecule has 1 aromatic rings. The summed E-state index contributed by atoms with van der Waals surface area (Å²) in [6, 6.07) is 3.02. The number of hydrogen-bond donors (Lipinski definition) is 0. The Hall–Kier alpha value is -1.33. The standard InChI is InChI=1S/C10H9F5O/c1-2-6-3-4-7(9(11)12)5-8(6)16-10(13,14)15/h3-5,9H,2H2,1H3. The number of benzene rings is 1. The van der Waals surface area contributed by atoms with Gasteiger partial charge >= 0.3 is 6.36 Å². The van der Waals surface area contributed by atoms with E-state index >= 15 is 0 Å². The number of rotatable bonds is 3. The third-order valence-corrected chi connectivity index (χ3v) is 1.95. The molecule has 6 heteroatoms. The highest BCUT2D eigenvalue weighted by atomic mass is 19.4. The van der Waals surface area contributed by atoms with Crippen molar-refractivity contribution in [3.8, 4) is 5.75 Å². The van der Waals surface area contributed by atoms with Gasteiger partial charge in [-0.05, 0) is 18.1 Å². The average molecular weight is 240 g/mol. The van der Waals surface area contributed by atoms with Crippen molar-refractivity contribution in [3.63, 3.8) is 0 Å². The molecule has 16 heavy (non-hydrogen) atoms. The molecule has 1 nitrogen and oxygen atoms in total. The van der Waals surface area contributed by atoms with Gasteiger partial charge in [0, 0.05) is 5.56 Å². The minimum Gasteiger partial charge on any atom is -0.405 e. The van der Waals surface area contributed by atoms with Crippen LogP contribution in [0.15, 0.2) is 18.2 Å². The average Bonchev–Trinajstić information content (AvgIpc) is 2.15. The third kappa shape index (κ3) is 3.36. The van der Waals surface area contributed by atoms with Gasteiger partial charge in [-0.3, -0.25) is 0 Å². The molecule has 0 aromatic heterocycles. The van der Waals surface area contributed by atoms with Gasteiger partial charge in [0.05, 0.1) is 0 Å². The molecule has 0 atom stereocenters. The molecule has 0 aliphatic rings. The van der Waals surface area contributed by atoms with E-state index in [0.717, 1.165) is 12.1 Å². The van der Waals surface area contributed by atoms with Gasteiger partial charge in [0.25, 0.3) is 6.43 Å². The van der Waals surface area contributed by atoms with Gasteiger partial charge in [0.1, 0.15) is 5.75 Å². The van der Waals surface area contributed by atoms with Gasteiger partial charge in [-0.1, -0.05) is 19.1 Å². The van der Waals surface area contributed by atoms with Crippen LogP contribution in [0, 0.1) is 0 Å². The summed E-state index contributed by atoms with van der Waals surface area (Å²) in [7, 11) is 0. The zero-order valence-electron chi connectivity index (χ0n) is 8.31. The highest BCUT2D eigenvalue weighted by Gasteiger charge is 2.32. The van der Waals surface area contributed by atoms with Crippen molar-refractivity contribution in [3.05, 3.63) is 29.3 Å². The monoisotopic (exact) mass is 240 g/mol. The van der Waals surface area contributed by atoms with Crippen LogP contribution in [0.25, 0.3) is 0 Å². The van der Waals surface area contributed by atoms with Gasteiger partial charge < -0.3 is 4.74 Å². The number of hydrogen-bond acceptors (Lipinski definition) is 1. The summed E-state index contributed by atoms with van der Waals surface area (Å²) in [5.74, 6) is -0.562. The summed E-state index contributed by atoms with van der Waals surface area (Å²) >= 11 is 0. The van der Waals surface area contributed by atoms with Crippen LogP contribution in [0.4, 0.5) is 22.0 Å². The van der Waals surface area contributed by atoms with Gasteiger partial charge in [-0.2, -0.15) is 0 Å². The number of ether oxygens (including phenoxy) is 1. The summed E-state index contributed by atoms with van der Waals surface area (Å²) in [5, 5.41) is 0. The second-order valence-electron chi connectivity index (χ2n) is 3.07. The van der Waals surface area contributed by atoms with Crippen molar-refractivity contribution >= 4 is 0 Å². The minimum absolute atomic E-state index is 0.238. The highest BCUT2D eigenvalue weighted by Crippen LogP contribution is 2.31. The second kappa shape index (κ2) is 4.67. The first-order valence-corrected chi connectivity index (χ1v) is 4.50. The summed E-state index contributed by atoms with van der Waals surface area (Å²) in [4.78, 5) is 0. The normalized spacial score (nSPS) is 11.9. The highest BCUT2D eigenvalue weighted by molar-refractivity contribution is 5.38. The van der Waals surface area contributed by atoms with Crippen LogP contribution in [-0.2, 0) is 6.42 Å². The SMILES string of the molecule is CCc1ccc(C(F)F)cc1OC(F)(F)F. The molecule has 0 N–H and O–H groups in total. The van der Waals surface area contributed by atoms with E-state index < -0.39 is 24.1 Å². The van der Waals surface area contributed by atoms with E-state index in [9.17, 15) is 22.0 Å². The smallest absolute Gasteiger partial charge is 0.405 e. The maximum absolute atomic E-state index is 12.3. The van der Waals surface area contributed by atoms with E-state index in [1.54, 1.807) is 6.92 Å². The fourth-order valence-corrected chi connectivity index (χ4v) is 1.22. The van der Waals surface area contributed by atoms with Gasteiger partial charge in [0.15, 0.2) is 0 Å². The van der Waals surface area contributed by atoms with Crippen molar-refractivity contribution in [1.29, 1.82) is 0 Å². The molecule has 0 aliphatic heterocycles. The lowest BCUT2D eigenvalue weighted by Crippen LogP contribution is -2.18. The molecule has 0 spiro atoms. The molecule has 0 radical (unpaired) electrons. The Labute approximate surface area is 88.8 Å². The van der Waals surface area contributed by atoms with Crippen LogP contribution >= 0.6 is 0 Å². The lowest BCUT2D eigenvalue weighted by Gasteiger charge is -2.13. The maximum Gasteiger partial charge on any atom is 0.573 e. The van der Waals surface area contributed by atoms with E-state index in [4.69, 9.17) is 0 Å². The van der Waals surface area contributed by atoms with Crippen LogP contribution in [0.5, 0.6) is 5.75 Å². The summed E-state index contributed by atoms with van der Waals surface area (Å²) in [5.41, 5.74) is -0.252. The molecule has 1 rings (SSSR count). The van der Waals surface area contributed by atoms with Gasteiger partial charge in [0.2, 0.25) is 0 Å². The molecular weight excluding hydrogens is 231 g/mol. The predicted octanol–water partition coefficient (Wildman–Crippen LogP) is 4.09. The van der Waals surface area contributed by atoms with E-state index in [1.807, 2.05) is 0 Å². The Kier molecular flexibility index (Phi) is 3.72. The second-order valence-corrected chi connectivity index (χ2v) is 3.07. The zero-order valence-corrected chi connectivity index (χ0v) is 8.31. The van der Waals surface area contributed by atoms with Crippen molar-refractivity contribution in [2.45, 2.75) is 26.1 Å². The first kappa shape index (κ1) is 12.7. The topological polar surface area (TPSA) is 9.23 Å². The van der Waals surface area contributed by atoms with Crippen molar-refractivity contribution in [1.82, 2.24) is 0 Å². The zero-order chi connectivity index (χ0) is 12.3. The van der Waals surface area contributed by atoms with Crippen molar-refractivity contribution in [2.24, 2.45) is 0 Å². The first-order valence-electron chi connectivity index (χ1n) is 4.50. The van der Waals surface area contributed by atoms with E-state index in [2.05, 4.69) is 4.74 Å². The summed E-state index contributed by atoms with van der Waals surface area (Å²) in [6.07, 6.45) is -7.42. The van der Waals surface area contributed by atoms with Crippen LogP contribution in [0.2, 0.25) is 0 Å². The van der Waals surface area contributed by atoms with Gasteiger partial charge in [-0.25, -0.2) is 8.78 Å². The molecule has 0 fully saturated rings. The number of alkyl halides is 5. The largest absolute Gasteiger partial charge is 0.573 e. The van der Waals surface area contributed by atoms with E-state index in [-0.39, 0.29) is 12.0 Å². The Bertz CT molecular complexity index is 359. The molecule has 0 aliphatic carbocycles. The maximum atomic E-state index is 12.3. The lowest BCUT2D eigenvalue weighted by atomic mass is 10.1. The van der Waals surface area contributed by atoms with Crippen molar-refractivity contribution in [2.75, 3.05) is 0 Å². The van der Waals surface area contributed by atoms with Gasteiger partial charge in [-0.15, -0.1) is 13.2 Å². The summed E-state index contributed by atoms with van der Waals surface area (Å²) < 4.78 is 64.2. The Morgan fingerprint density at radius 2 is 1.88 bits per heavy atom. The quantitative estimate of drug-likeness (QED) is 0.723. The van der Waals surface area contributed by atoms with Crippen LogP contribution < -0.4 is 4.74 Å². The molecule has 0 heterocycles. The fourth-order valence-electron chi connectivity index (χ4n) is 1.22. The molecule has 90 valence electrons. The molecule has 0 saturated carbocycles. The fraction of sp³-hybridized carbons (Fsp3) is 0.400. The number of halogens is 5. The van der Waals surface area contributed by atoms with Crippen LogP contribution in [-0.4, -0.2) is 6.36 Å². The van der Waals surface area contributed by atoms with E-state index in [0.29, 0.717) is 0 Å². The molecule has 0 bridgehead atoms. The molecule has 0 amide bonds. The van der Waals surface area contributed by atoms with E-state index in [1.165, 1.54) is 6.07 Å². The van der Waals surface area contributed by atoms with Crippen LogP contribution in [0.1, 0.15) is 24.5 Å². The molecular formula is C10H9F5O. The Morgan fingerprint density at radius 3 is 2.31 bits per heavy atom. The molecule has 0 unspecified atom stereocenters. The Morgan fingerprint density at radius 1 is 1.25 bits per heavy atom. The Balaban J connectivity index is 3.07.